The monoisotopic (exact) mass is 544 g/mol. The molecule has 156 valence electrons. The predicted molar refractivity (Wildman–Crippen MR) is 119 cm³/mol. The van der Waals surface area contributed by atoms with Crippen LogP contribution in [-0.2, 0) is 0 Å². The number of nitrogens with zero attached hydrogens (tertiary/aromatic N) is 4. The molecule has 29 heavy (non-hydrogen) atoms. The van der Waals surface area contributed by atoms with Gasteiger partial charge in [-0.15, -0.1) is 0 Å². The van der Waals surface area contributed by atoms with Gasteiger partial charge in [0.1, 0.15) is 0 Å². The molecule has 0 aliphatic carbocycles. The van der Waals surface area contributed by atoms with E-state index in [1.807, 2.05) is 17.9 Å². The van der Waals surface area contributed by atoms with Gasteiger partial charge in [0, 0.05) is 0 Å². The van der Waals surface area contributed by atoms with Crippen molar-refractivity contribution in [1.29, 1.82) is 0 Å². The molecular formula is C18H24N4O4S2Sn. The number of hydrogen-bond acceptors (Lipinski definition) is 8. The minimum absolute atomic E-state index is 0.0121. The first-order chi connectivity index (χ1) is 13.9. The summed E-state index contributed by atoms with van der Waals surface area (Å²) >= 11 is -2.96. The van der Waals surface area contributed by atoms with Crippen LogP contribution < -0.4 is 0 Å². The fourth-order valence-corrected chi connectivity index (χ4v) is 30.8. The standard InChI is InChI=1S/2C5H4N2O2S.2C4H9.Sn/c2*8-7(9)4-1-2-5(10)6-3-4;2*1-3-4-2;/h2*1-3H,(H,6,10);2*1,3-4H2,2H3;/q;;;;+2/p-2. The van der Waals surface area contributed by atoms with E-state index in [-0.39, 0.29) is 11.4 Å². The van der Waals surface area contributed by atoms with Gasteiger partial charge < -0.3 is 0 Å². The molecule has 2 aromatic heterocycles. The molecule has 0 N–H and O–H groups in total. The Bertz CT molecular complexity index is 752. The second-order valence-electron chi connectivity index (χ2n) is 6.55. The molecule has 0 spiro atoms. The first-order valence-corrected chi connectivity index (χ1v) is 22.1. The van der Waals surface area contributed by atoms with Crippen molar-refractivity contribution >= 4 is 44.9 Å². The van der Waals surface area contributed by atoms with Gasteiger partial charge in [-0.25, -0.2) is 0 Å². The molecule has 0 aliphatic heterocycles. The van der Waals surface area contributed by atoms with Gasteiger partial charge in [0.05, 0.1) is 0 Å². The Labute approximate surface area is 179 Å². The van der Waals surface area contributed by atoms with E-state index in [0.717, 1.165) is 44.6 Å². The molecule has 2 aromatic rings. The average molecular weight is 543 g/mol. The molecule has 0 aliphatic rings. The summed E-state index contributed by atoms with van der Waals surface area (Å²) in [5.41, 5.74) is -0.0242. The fraction of sp³-hybridized carbons (Fsp3) is 0.444. The molecule has 0 aromatic carbocycles. The van der Waals surface area contributed by atoms with Crippen molar-refractivity contribution in [2.45, 2.75) is 58.5 Å². The van der Waals surface area contributed by atoms with Gasteiger partial charge in [-0.1, -0.05) is 0 Å². The Morgan fingerprint density at radius 3 is 1.52 bits per heavy atom. The number of hydrogen-bond donors (Lipinski definition) is 0. The summed E-state index contributed by atoms with van der Waals surface area (Å²) in [6.45, 7) is 4.33. The van der Waals surface area contributed by atoms with Crippen LogP contribution >= 0.6 is 17.9 Å². The van der Waals surface area contributed by atoms with E-state index in [4.69, 9.17) is 0 Å². The Kier molecular flexibility index (Phi) is 9.63. The van der Waals surface area contributed by atoms with Crippen molar-refractivity contribution in [3.8, 4) is 0 Å². The van der Waals surface area contributed by atoms with Crippen LogP contribution in [-0.4, -0.2) is 35.4 Å². The van der Waals surface area contributed by atoms with Crippen molar-refractivity contribution in [2.24, 2.45) is 0 Å². The molecule has 11 heteroatoms. The van der Waals surface area contributed by atoms with Crippen LogP contribution in [0, 0.1) is 20.2 Å². The van der Waals surface area contributed by atoms with E-state index in [9.17, 15) is 20.2 Å². The zero-order valence-electron chi connectivity index (χ0n) is 16.4. The van der Waals surface area contributed by atoms with Crippen LogP contribution in [0.2, 0.25) is 8.87 Å². The van der Waals surface area contributed by atoms with Gasteiger partial charge in [-0.05, 0) is 0 Å². The van der Waals surface area contributed by atoms with Crippen LogP contribution in [0.25, 0.3) is 0 Å². The topological polar surface area (TPSA) is 112 Å². The van der Waals surface area contributed by atoms with Crippen LogP contribution in [0.15, 0.2) is 46.7 Å². The van der Waals surface area contributed by atoms with E-state index in [0.29, 0.717) is 0 Å². The summed E-state index contributed by atoms with van der Waals surface area (Å²) in [7, 11) is 3.61. The van der Waals surface area contributed by atoms with Crippen LogP contribution in [0.4, 0.5) is 11.4 Å². The second kappa shape index (κ2) is 11.7. The quantitative estimate of drug-likeness (QED) is 0.176. The van der Waals surface area contributed by atoms with Crippen molar-refractivity contribution in [1.82, 2.24) is 9.97 Å². The summed E-state index contributed by atoms with van der Waals surface area (Å²) in [5.74, 6) is 0. The summed E-state index contributed by atoms with van der Waals surface area (Å²) in [5, 5.41) is 23.4. The van der Waals surface area contributed by atoms with Crippen molar-refractivity contribution in [3.63, 3.8) is 0 Å². The molecular weight excluding hydrogens is 519 g/mol. The minimum atomic E-state index is -2.96. The van der Waals surface area contributed by atoms with Crippen molar-refractivity contribution in [2.75, 3.05) is 0 Å². The summed E-state index contributed by atoms with van der Waals surface area (Å²) in [6, 6.07) is 6.47. The summed E-state index contributed by atoms with van der Waals surface area (Å²) < 4.78 is 2.25. The Hall–Kier alpha value is -1.40. The Balaban J connectivity index is 2.31. The Morgan fingerprint density at radius 2 is 1.24 bits per heavy atom. The van der Waals surface area contributed by atoms with Crippen LogP contribution in [0.1, 0.15) is 39.5 Å². The number of aromatic nitrogens is 2. The van der Waals surface area contributed by atoms with Crippen LogP contribution in [0.3, 0.4) is 0 Å². The molecule has 0 saturated heterocycles. The molecule has 2 rings (SSSR count). The van der Waals surface area contributed by atoms with E-state index < -0.39 is 25.5 Å². The second-order valence-corrected chi connectivity index (χ2v) is 31.6. The molecule has 0 bridgehead atoms. The Morgan fingerprint density at radius 1 is 0.828 bits per heavy atom. The van der Waals surface area contributed by atoms with E-state index in [1.54, 1.807) is 12.1 Å². The molecule has 0 fully saturated rings. The molecule has 0 amide bonds. The normalized spacial score (nSPS) is 11.4. The van der Waals surface area contributed by atoms with Crippen molar-refractivity contribution in [3.05, 3.63) is 56.9 Å². The van der Waals surface area contributed by atoms with E-state index >= 15 is 0 Å². The van der Waals surface area contributed by atoms with Gasteiger partial charge in [0.15, 0.2) is 0 Å². The first kappa shape index (κ1) is 23.9. The molecule has 8 nitrogen and oxygen atoms in total. The maximum atomic E-state index is 10.9. The van der Waals surface area contributed by atoms with E-state index in [2.05, 4.69) is 23.8 Å². The van der Waals surface area contributed by atoms with Crippen LogP contribution in [0.5, 0.6) is 0 Å². The van der Waals surface area contributed by atoms with Crippen molar-refractivity contribution < 1.29 is 9.85 Å². The number of pyridine rings is 2. The summed E-state index contributed by atoms with van der Waals surface area (Å²) in [6.07, 6.45) is 7.03. The SMILES string of the molecule is CCC[CH2][Sn]([CH2]CCC)([S]c1ccc([N+](=O)[O-])cn1)[S]c1ccc([N+](=O)[O-])cn1. The molecule has 0 radical (unpaired) electrons. The number of nitro groups is 2. The fourth-order valence-electron chi connectivity index (χ4n) is 2.71. The zero-order valence-corrected chi connectivity index (χ0v) is 20.9. The number of unbranched alkanes of at least 4 members (excludes halogenated alkanes) is 2. The zero-order chi connectivity index (χ0) is 21.3. The number of rotatable bonds is 12. The molecule has 0 atom stereocenters. The third kappa shape index (κ3) is 7.41. The summed E-state index contributed by atoms with van der Waals surface area (Å²) in [4.78, 5) is 29.6. The third-order valence-corrected chi connectivity index (χ3v) is 31.1. The van der Waals surface area contributed by atoms with Gasteiger partial charge in [-0.3, -0.25) is 0 Å². The third-order valence-electron chi connectivity index (χ3n) is 4.27. The molecule has 2 heterocycles. The first-order valence-electron chi connectivity index (χ1n) is 9.48. The van der Waals surface area contributed by atoms with Gasteiger partial charge in [-0.2, -0.15) is 0 Å². The average Bonchev–Trinajstić information content (AvgIpc) is 2.71. The maximum absolute atomic E-state index is 10.9. The van der Waals surface area contributed by atoms with Gasteiger partial charge in [0.2, 0.25) is 0 Å². The van der Waals surface area contributed by atoms with Gasteiger partial charge in [0.25, 0.3) is 0 Å². The van der Waals surface area contributed by atoms with Gasteiger partial charge >= 0.3 is 180 Å². The molecule has 0 saturated carbocycles. The van der Waals surface area contributed by atoms with E-state index in [1.165, 1.54) is 24.5 Å². The molecule has 0 unspecified atom stereocenters. The predicted octanol–water partition coefficient (Wildman–Crippen LogP) is 6.22.